The van der Waals surface area contributed by atoms with Crippen LogP contribution in [0.25, 0.3) is 0 Å². The molecule has 292 valence electrons. The van der Waals surface area contributed by atoms with Crippen LogP contribution < -0.4 is 5.32 Å². The van der Waals surface area contributed by atoms with Crippen molar-refractivity contribution < 1.29 is 33.8 Å². The van der Waals surface area contributed by atoms with Gasteiger partial charge in [-0.1, -0.05) is 67.9 Å². The van der Waals surface area contributed by atoms with Crippen molar-refractivity contribution in [3.63, 3.8) is 0 Å². The highest BCUT2D eigenvalue weighted by atomic mass is 16.6. The van der Waals surface area contributed by atoms with Gasteiger partial charge in [-0.3, -0.25) is 14.4 Å². The number of fused-ring (bicyclic) bond motifs is 7. The van der Waals surface area contributed by atoms with Crippen LogP contribution in [-0.4, -0.2) is 47.2 Å². The minimum absolute atomic E-state index is 0.0516. The van der Waals surface area contributed by atoms with E-state index < -0.39 is 29.0 Å². The molecule has 0 aromatic rings. The van der Waals surface area contributed by atoms with Crippen LogP contribution in [0.4, 0.5) is 4.79 Å². The number of carboxylic acids is 1. The third-order valence-corrected chi connectivity index (χ3v) is 16.9. The number of aliphatic carboxylic acids is 1. The van der Waals surface area contributed by atoms with Crippen molar-refractivity contribution in [3.05, 3.63) is 11.1 Å². The van der Waals surface area contributed by atoms with Gasteiger partial charge in [0.15, 0.2) is 5.78 Å². The maximum Gasteiger partial charge on any atom is 0.407 e. The molecule has 10 atom stereocenters. The molecule has 0 heterocycles. The van der Waals surface area contributed by atoms with Gasteiger partial charge in [-0.25, -0.2) is 4.79 Å². The van der Waals surface area contributed by atoms with Crippen LogP contribution in [-0.2, 0) is 23.9 Å². The van der Waals surface area contributed by atoms with Crippen LogP contribution in [0.1, 0.15) is 154 Å². The summed E-state index contributed by atoms with van der Waals surface area (Å²) in [6.07, 6.45) is 9.43. The normalized spacial score (nSPS) is 41.9. The van der Waals surface area contributed by atoms with Crippen molar-refractivity contribution in [2.45, 2.75) is 165 Å². The molecule has 0 unspecified atom stereocenters. The van der Waals surface area contributed by atoms with Gasteiger partial charge in [0.05, 0.1) is 11.8 Å². The Morgan fingerprint density at radius 3 is 2.12 bits per heavy atom. The fourth-order valence-electron chi connectivity index (χ4n) is 13.9. The summed E-state index contributed by atoms with van der Waals surface area (Å²) >= 11 is 0. The second kappa shape index (κ2) is 12.6. The number of rotatable bonds is 7. The first-order valence-corrected chi connectivity index (χ1v) is 20.5. The Bertz CT molecular complexity index is 1530. The number of ether oxygens (including phenoxy) is 2. The third-order valence-electron chi connectivity index (χ3n) is 16.9. The van der Waals surface area contributed by atoms with E-state index in [4.69, 9.17) is 9.47 Å². The van der Waals surface area contributed by atoms with Crippen LogP contribution in [0.2, 0.25) is 0 Å². The average molecular weight is 724 g/mol. The molecule has 0 saturated heterocycles. The molecule has 8 nitrogen and oxygen atoms in total. The second-order valence-corrected chi connectivity index (χ2v) is 21.4. The lowest BCUT2D eigenvalue weighted by atomic mass is 9.33. The zero-order chi connectivity index (χ0) is 38.6. The molecule has 6 aliphatic carbocycles. The molecule has 0 radical (unpaired) electrons. The number of hydrogen-bond donors (Lipinski definition) is 2. The minimum Gasteiger partial charge on any atom is -0.481 e. The van der Waals surface area contributed by atoms with E-state index in [0.29, 0.717) is 42.9 Å². The van der Waals surface area contributed by atoms with Gasteiger partial charge in [0, 0.05) is 23.8 Å². The molecule has 6 rings (SSSR count). The van der Waals surface area contributed by atoms with E-state index in [0.717, 1.165) is 63.4 Å². The summed E-state index contributed by atoms with van der Waals surface area (Å²) in [5.41, 5.74) is 1.20. The molecule has 52 heavy (non-hydrogen) atoms. The van der Waals surface area contributed by atoms with Crippen molar-refractivity contribution >= 4 is 23.8 Å². The Labute approximate surface area is 313 Å². The number of carbonyl (C=O) groups excluding carboxylic acids is 3. The van der Waals surface area contributed by atoms with E-state index in [1.54, 1.807) is 0 Å². The van der Waals surface area contributed by atoms with E-state index in [9.17, 15) is 24.3 Å². The lowest BCUT2D eigenvalue weighted by molar-refractivity contribution is -0.236. The zero-order valence-electron chi connectivity index (χ0n) is 34.4. The Kier molecular flexibility index (Phi) is 9.51. The van der Waals surface area contributed by atoms with Crippen LogP contribution in [0.15, 0.2) is 11.1 Å². The van der Waals surface area contributed by atoms with Crippen molar-refractivity contribution in [3.8, 4) is 0 Å². The monoisotopic (exact) mass is 724 g/mol. The Morgan fingerprint density at radius 2 is 1.52 bits per heavy atom. The maximum absolute atomic E-state index is 13.9. The summed E-state index contributed by atoms with van der Waals surface area (Å²) in [5.74, 6) is -0.159. The highest BCUT2D eigenvalue weighted by molar-refractivity contribution is 6.00. The van der Waals surface area contributed by atoms with Gasteiger partial charge in [-0.15, -0.1) is 0 Å². The van der Waals surface area contributed by atoms with Gasteiger partial charge in [0.2, 0.25) is 0 Å². The van der Waals surface area contributed by atoms with Crippen molar-refractivity contribution in [1.29, 1.82) is 0 Å². The van der Waals surface area contributed by atoms with Crippen molar-refractivity contribution in [2.75, 3.05) is 6.54 Å². The maximum atomic E-state index is 13.9. The largest absolute Gasteiger partial charge is 0.481 e. The van der Waals surface area contributed by atoms with E-state index in [1.807, 2.05) is 34.6 Å². The van der Waals surface area contributed by atoms with Crippen molar-refractivity contribution in [1.82, 2.24) is 5.32 Å². The van der Waals surface area contributed by atoms with Gasteiger partial charge in [-0.2, -0.15) is 0 Å². The first-order valence-electron chi connectivity index (χ1n) is 20.5. The van der Waals surface area contributed by atoms with Crippen LogP contribution in [0.3, 0.4) is 0 Å². The molecule has 0 bridgehead atoms. The molecule has 0 aliphatic heterocycles. The van der Waals surface area contributed by atoms with Crippen LogP contribution in [0, 0.1) is 68.0 Å². The molecular weight excluding hydrogens is 654 g/mol. The fraction of sp³-hybridized carbons (Fsp3) is 0.864. The lowest BCUT2D eigenvalue weighted by Gasteiger charge is -2.72. The molecule has 0 spiro atoms. The smallest absolute Gasteiger partial charge is 0.407 e. The number of Topliss-reactive ketones (excluding diaryl/α,β-unsaturated/α-hetero) is 1. The molecule has 0 aromatic heterocycles. The van der Waals surface area contributed by atoms with E-state index in [-0.39, 0.29) is 51.0 Å². The summed E-state index contributed by atoms with van der Waals surface area (Å²) in [4.78, 5) is 51.9. The topological polar surface area (TPSA) is 119 Å². The number of nitrogens with one attached hydrogen (secondary N) is 1. The number of alkyl carbamates (subject to hydrolysis) is 1. The van der Waals surface area contributed by atoms with Gasteiger partial charge < -0.3 is 19.9 Å². The summed E-state index contributed by atoms with van der Waals surface area (Å²) in [6, 6.07) is 0. The second-order valence-electron chi connectivity index (χ2n) is 21.4. The molecule has 5 saturated carbocycles. The number of carboxylic acid groups (broad SMARTS) is 1. The summed E-state index contributed by atoms with van der Waals surface area (Å²) in [5, 5.41) is 12.7. The molecule has 5 fully saturated rings. The van der Waals surface area contributed by atoms with Crippen molar-refractivity contribution in [2.24, 2.45) is 68.0 Å². The first kappa shape index (κ1) is 39.3. The van der Waals surface area contributed by atoms with Gasteiger partial charge in [-0.05, 0) is 136 Å². The number of ketones is 1. The highest BCUT2D eigenvalue weighted by Gasteiger charge is 2.70. The predicted molar refractivity (Wildman–Crippen MR) is 201 cm³/mol. The first-order chi connectivity index (χ1) is 23.9. The van der Waals surface area contributed by atoms with E-state index in [1.165, 1.54) is 5.57 Å². The average Bonchev–Trinajstić information content (AvgIpc) is 3.29. The van der Waals surface area contributed by atoms with Crippen LogP contribution >= 0.6 is 0 Å². The number of amides is 1. The predicted octanol–water partition coefficient (Wildman–Crippen LogP) is 9.54. The van der Waals surface area contributed by atoms with Gasteiger partial charge in [0.25, 0.3) is 0 Å². The third kappa shape index (κ3) is 5.80. The lowest BCUT2D eigenvalue weighted by Crippen LogP contribution is -2.66. The number of allylic oxidation sites excluding steroid dienone is 2. The molecule has 6 aliphatic rings. The summed E-state index contributed by atoms with van der Waals surface area (Å²) < 4.78 is 12.0. The molecule has 0 aromatic carbocycles. The SMILES string of the molecule is CC(C)C1=C2[C@H]3CC[C@@H]4[C@@]5(C)CC[C@H](OC(=O)[C@H]6C[C@@H](C(=O)O)C6(C)C)C(C)(C)[C@@H]5CC[C@@]4(C)[C@]3(C)CC[C@@]2(CCNC(=O)OC(C)(C)C)CC1=O. The Balaban J connectivity index is 1.24. The van der Waals surface area contributed by atoms with Crippen LogP contribution in [0.5, 0.6) is 0 Å². The Hall–Kier alpha value is -2.38. The molecule has 8 heteroatoms. The minimum atomic E-state index is -0.827. The highest BCUT2D eigenvalue weighted by Crippen LogP contribution is 2.77. The standard InChI is InChI=1S/C44H69NO7/c1-25(2)33-29(46)24-44(21-22-45-37(50)52-38(3,4)5)20-19-42(11)26(34(33)44)13-14-31-41(10)17-16-32(40(8,9)30(41)15-18-43(31,42)12)51-36(49)28-23-27(35(47)48)39(28,6)7/h25-28,30-32H,13-24H2,1-12H3,(H,45,50)(H,47,48)/t26-,27+,28-,30+,31-,32+,41+,42-,43-,44-/m1/s1. The molecule has 2 N–H and O–H groups in total. The summed E-state index contributed by atoms with van der Waals surface area (Å²) in [6.45, 7) is 26.6. The Morgan fingerprint density at radius 1 is 0.846 bits per heavy atom. The number of carbonyl (C=O) groups is 4. The van der Waals surface area contributed by atoms with E-state index in [2.05, 4.69) is 53.8 Å². The quantitative estimate of drug-likeness (QED) is 0.251. The van der Waals surface area contributed by atoms with Gasteiger partial charge >= 0.3 is 18.0 Å². The number of esters is 1. The van der Waals surface area contributed by atoms with Gasteiger partial charge in [0.1, 0.15) is 11.7 Å². The summed E-state index contributed by atoms with van der Waals surface area (Å²) in [7, 11) is 0. The fourth-order valence-corrected chi connectivity index (χ4v) is 13.9. The molecular formula is C44H69NO7. The molecule has 1 amide bonds. The number of hydrogen-bond acceptors (Lipinski definition) is 6. The zero-order valence-corrected chi connectivity index (χ0v) is 34.4. The van der Waals surface area contributed by atoms with E-state index >= 15 is 0 Å².